The van der Waals surface area contributed by atoms with Gasteiger partial charge in [0, 0.05) is 11.4 Å². The van der Waals surface area contributed by atoms with Crippen LogP contribution in [-0.2, 0) is 0 Å². The van der Waals surface area contributed by atoms with Gasteiger partial charge in [0.2, 0.25) is 0 Å². The number of rotatable bonds is 4. The van der Waals surface area contributed by atoms with Crippen LogP contribution < -0.4 is 10.6 Å². The molecule has 2 N–H and O–H groups in total. The third-order valence-electron chi connectivity index (χ3n) is 2.96. The molecule has 0 spiro atoms. The number of thiazole rings is 1. The van der Waals surface area contributed by atoms with E-state index in [1.807, 2.05) is 19.4 Å². The third kappa shape index (κ3) is 3.17. The average Bonchev–Trinajstić information content (AvgIpc) is 2.89. The molecule has 0 saturated heterocycles. The minimum absolute atomic E-state index is 0.156. The van der Waals surface area contributed by atoms with Crippen molar-refractivity contribution < 1.29 is 4.79 Å². The fourth-order valence-electron chi connectivity index (χ4n) is 1.63. The summed E-state index contributed by atoms with van der Waals surface area (Å²) in [6, 6.07) is 1.88. The summed E-state index contributed by atoms with van der Waals surface area (Å²) in [4.78, 5) is 16.6. The first-order valence-corrected chi connectivity index (χ1v) is 7.14. The van der Waals surface area contributed by atoms with Gasteiger partial charge in [-0.2, -0.15) is 10.2 Å². The van der Waals surface area contributed by atoms with Gasteiger partial charge < -0.3 is 5.32 Å². The van der Waals surface area contributed by atoms with E-state index in [2.05, 4.69) is 25.8 Å². The molecule has 0 saturated carbocycles. The van der Waals surface area contributed by atoms with Crippen LogP contribution in [0.3, 0.4) is 0 Å². The van der Waals surface area contributed by atoms with Crippen LogP contribution in [0.2, 0.25) is 0 Å². The number of anilines is 1. The van der Waals surface area contributed by atoms with E-state index in [1.165, 1.54) is 11.3 Å². The molecule has 2 rings (SSSR count). The Bertz CT molecular complexity index is 625. The molecular formula is C13H17N5OS. The highest BCUT2D eigenvalue weighted by Crippen LogP contribution is 2.21. The van der Waals surface area contributed by atoms with E-state index >= 15 is 0 Å². The van der Waals surface area contributed by atoms with Crippen molar-refractivity contribution in [3.05, 3.63) is 34.1 Å². The van der Waals surface area contributed by atoms with Crippen LogP contribution in [0.25, 0.3) is 0 Å². The summed E-state index contributed by atoms with van der Waals surface area (Å²) < 4.78 is 0. The lowest BCUT2D eigenvalue weighted by Gasteiger charge is -2.06. The molecule has 1 amide bonds. The van der Waals surface area contributed by atoms with E-state index in [1.54, 1.807) is 19.9 Å². The van der Waals surface area contributed by atoms with E-state index in [0.717, 1.165) is 5.69 Å². The van der Waals surface area contributed by atoms with Crippen LogP contribution in [-0.4, -0.2) is 28.1 Å². The number of hydrogen-bond donors (Lipinski definition) is 2. The minimum atomic E-state index is -0.210. The number of amides is 1. The van der Waals surface area contributed by atoms with Crippen LogP contribution >= 0.6 is 11.3 Å². The van der Waals surface area contributed by atoms with Crippen molar-refractivity contribution in [3.8, 4) is 0 Å². The Balaban J connectivity index is 2.15. The zero-order valence-corrected chi connectivity index (χ0v) is 12.7. The van der Waals surface area contributed by atoms with E-state index in [9.17, 15) is 4.79 Å². The van der Waals surface area contributed by atoms with Gasteiger partial charge in [-0.1, -0.05) is 0 Å². The lowest BCUT2D eigenvalue weighted by atomic mass is 10.2. The van der Waals surface area contributed by atoms with Crippen molar-refractivity contribution in [2.45, 2.75) is 26.8 Å². The van der Waals surface area contributed by atoms with Crippen LogP contribution in [0.15, 0.2) is 11.4 Å². The topological polar surface area (TPSA) is 79.8 Å². The highest BCUT2D eigenvalue weighted by molar-refractivity contribution is 7.14. The molecule has 7 heteroatoms. The number of carbonyl (C=O) groups is 1. The van der Waals surface area contributed by atoms with Gasteiger partial charge in [0.05, 0.1) is 22.6 Å². The molecule has 0 aliphatic heterocycles. The Morgan fingerprint density at radius 3 is 2.80 bits per heavy atom. The lowest BCUT2D eigenvalue weighted by Crippen LogP contribution is -2.16. The highest BCUT2D eigenvalue weighted by atomic mass is 32.1. The van der Waals surface area contributed by atoms with Crippen molar-refractivity contribution in [2.24, 2.45) is 0 Å². The van der Waals surface area contributed by atoms with Gasteiger partial charge in [0.1, 0.15) is 0 Å². The predicted molar refractivity (Wildman–Crippen MR) is 79.0 cm³/mol. The maximum absolute atomic E-state index is 12.2. The summed E-state index contributed by atoms with van der Waals surface area (Å²) in [6.07, 6.45) is 0. The van der Waals surface area contributed by atoms with Crippen LogP contribution in [0.4, 0.5) is 5.13 Å². The lowest BCUT2D eigenvalue weighted by molar-refractivity contribution is 0.102. The normalized spacial score (nSPS) is 12.2. The fourth-order valence-corrected chi connectivity index (χ4v) is 2.43. The van der Waals surface area contributed by atoms with Crippen LogP contribution in [0.1, 0.15) is 40.4 Å². The number of nitrogens with zero attached hydrogens (tertiary/aromatic N) is 3. The number of aryl methyl sites for hydroxylation is 2. The first-order valence-electron chi connectivity index (χ1n) is 6.26. The second-order valence-corrected chi connectivity index (χ2v) is 5.38. The smallest absolute Gasteiger partial charge is 0.259 e. The molecule has 0 aromatic carbocycles. The van der Waals surface area contributed by atoms with Gasteiger partial charge in [-0.05, 0) is 33.9 Å². The predicted octanol–water partition coefficient (Wildman–Crippen LogP) is 2.08. The molecule has 20 heavy (non-hydrogen) atoms. The Hall–Kier alpha value is -1.86. The monoisotopic (exact) mass is 291 g/mol. The zero-order chi connectivity index (χ0) is 14.7. The molecule has 0 bridgehead atoms. The first kappa shape index (κ1) is 14.5. The summed E-state index contributed by atoms with van der Waals surface area (Å²) in [6.45, 7) is 5.58. The third-order valence-corrected chi connectivity index (χ3v) is 3.74. The summed E-state index contributed by atoms with van der Waals surface area (Å²) in [5, 5.41) is 16.3. The molecule has 2 heterocycles. The van der Waals surface area contributed by atoms with Crippen LogP contribution in [0, 0.1) is 13.8 Å². The van der Waals surface area contributed by atoms with Gasteiger partial charge in [-0.25, -0.2) is 4.98 Å². The molecule has 0 radical (unpaired) electrons. The Morgan fingerprint density at radius 2 is 2.10 bits per heavy atom. The van der Waals surface area contributed by atoms with E-state index in [-0.39, 0.29) is 11.9 Å². The molecule has 2 aromatic heterocycles. The van der Waals surface area contributed by atoms with E-state index < -0.39 is 0 Å². The highest BCUT2D eigenvalue weighted by Gasteiger charge is 2.14. The second-order valence-electron chi connectivity index (χ2n) is 4.53. The summed E-state index contributed by atoms with van der Waals surface area (Å²) in [5.74, 6) is -0.210. The molecule has 0 aliphatic carbocycles. The maximum Gasteiger partial charge on any atom is 0.259 e. The number of hydrogen-bond acceptors (Lipinski definition) is 6. The van der Waals surface area contributed by atoms with Gasteiger partial charge in [0.25, 0.3) is 5.91 Å². The Morgan fingerprint density at radius 1 is 1.35 bits per heavy atom. The van der Waals surface area contributed by atoms with Crippen molar-refractivity contribution in [2.75, 3.05) is 12.4 Å². The Labute approximate surface area is 121 Å². The zero-order valence-electron chi connectivity index (χ0n) is 11.9. The largest absolute Gasteiger partial charge is 0.312 e. The first-order chi connectivity index (χ1) is 9.51. The standard InChI is InChI=1S/C13H17N5OS/c1-7-5-10(8(2)18-17-7)12(19)16-13-15-11(6-20-13)9(3)14-4/h5-6,9,14H,1-4H3,(H,15,16,19). The quantitative estimate of drug-likeness (QED) is 0.901. The van der Waals surface area contributed by atoms with E-state index in [4.69, 9.17) is 0 Å². The molecule has 106 valence electrons. The molecular weight excluding hydrogens is 274 g/mol. The molecule has 0 aliphatic rings. The average molecular weight is 291 g/mol. The van der Waals surface area contributed by atoms with Crippen molar-refractivity contribution in [1.29, 1.82) is 0 Å². The second kappa shape index (κ2) is 6.06. The number of aromatic nitrogens is 3. The van der Waals surface area contributed by atoms with Crippen molar-refractivity contribution >= 4 is 22.4 Å². The van der Waals surface area contributed by atoms with Gasteiger partial charge in [-0.15, -0.1) is 11.3 Å². The fraction of sp³-hybridized carbons (Fsp3) is 0.385. The number of nitrogens with one attached hydrogen (secondary N) is 2. The van der Waals surface area contributed by atoms with Crippen LogP contribution in [0.5, 0.6) is 0 Å². The van der Waals surface area contributed by atoms with Gasteiger partial charge in [0.15, 0.2) is 5.13 Å². The van der Waals surface area contributed by atoms with Gasteiger partial charge >= 0.3 is 0 Å². The molecule has 6 nitrogen and oxygen atoms in total. The Kier molecular flexibility index (Phi) is 4.41. The minimum Gasteiger partial charge on any atom is -0.312 e. The van der Waals surface area contributed by atoms with Crippen molar-refractivity contribution in [3.63, 3.8) is 0 Å². The SMILES string of the molecule is CNC(C)c1csc(NC(=O)c2cc(C)nnc2C)n1. The summed E-state index contributed by atoms with van der Waals surface area (Å²) in [5.41, 5.74) is 2.75. The molecule has 1 atom stereocenters. The summed E-state index contributed by atoms with van der Waals surface area (Å²) >= 11 is 1.41. The molecule has 0 fully saturated rings. The summed E-state index contributed by atoms with van der Waals surface area (Å²) in [7, 11) is 1.87. The van der Waals surface area contributed by atoms with Crippen molar-refractivity contribution in [1.82, 2.24) is 20.5 Å². The van der Waals surface area contributed by atoms with E-state index in [0.29, 0.717) is 22.1 Å². The molecule has 1 unspecified atom stereocenters. The molecule has 2 aromatic rings. The van der Waals surface area contributed by atoms with Gasteiger partial charge in [-0.3, -0.25) is 10.1 Å². The maximum atomic E-state index is 12.2. The number of carbonyl (C=O) groups excluding carboxylic acids is 1.